The molecule has 0 saturated carbocycles. The summed E-state index contributed by atoms with van der Waals surface area (Å²) < 4.78 is 26.7. The lowest BCUT2D eigenvalue weighted by molar-refractivity contribution is 0.187. The first-order chi connectivity index (χ1) is 7.81. The fourth-order valence-electron chi connectivity index (χ4n) is 2.17. The quantitative estimate of drug-likeness (QED) is 0.898. The molecule has 1 aromatic heterocycles. The van der Waals surface area contributed by atoms with Crippen molar-refractivity contribution in [2.45, 2.75) is 30.9 Å². The summed E-state index contributed by atoms with van der Waals surface area (Å²) in [5, 5.41) is 1.67. The largest absolute Gasteiger partial charge is 0.398 e. The second-order valence-electron chi connectivity index (χ2n) is 5.31. The Balaban J connectivity index is 2.27. The van der Waals surface area contributed by atoms with Gasteiger partial charge in [-0.15, -0.1) is 11.3 Å². The summed E-state index contributed by atoms with van der Waals surface area (Å²) in [6.45, 7) is 5.42. The smallest absolute Gasteiger partial charge is 0.252 e. The highest BCUT2D eigenvalue weighted by atomic mass is 32.2. The van der Waals surface area contributed by atoms with Gasteiger partial charge in [-0.1, -0.05) is 13.8 Å². The predicted molar refractivity (Wildman–Crippen MR) is 70.5 cm³/mol. The molecular formula is C11H18N2O2S2. The maximum absolute atomic E-state index is 12.4. The van der Waals surface area contributed by atoms with Crippen LogP contribution in [0.3, 0.4) is 0 Å². The molecule has 2 N–H and O–H groups in total. The Hall–Kier alpha value is -0.590. The van der Waals surface area contributed by atoms with Gasteiger partial charge in [-0.25, -0.2) is 8.42 Å². The number of hydrogen-bond acceptors (Lipinski definition) is 4. The molecule has 0 aromatic carbocycles. The van der Waals surface area contributed by atoms with Crippen molar-refractivity contribution in [1.29, 1.82) is 0 Å². The van der Waals surface area contributed by atoms with Crippen LogP contribution >= 0.6 is 11.3 Å². The molecule has 96 valence electrons. The molecule has 2 rings (SSSR count). The van der Waals surface area contributed by atoms with Crippen molar-refractivity contribution in [3.8, 4) is 0 Å². The first-order valence-corrected chi connectivity index (χ1v) is 7.97. The van der Waals surface area contributed by atoms with Crippen molar-refractivity contribution in [3.63, 3.8) is 0 Å². The van der Waals surface area contributed by atoms with E-state index in [1.165, 1.54) is 11.3 Å². The molecule has 0 spiro atoms. The molecule has 1 fully saturated rings. The highest BCUT2D eigenvalue weighted by Gasteiger charge is 2.34. The monoisotopic (exact) mass is 274 g/mol. The summed E-state index contributed by atoms with van der Waals surface area (Å²) in [4.78, 5) is 0. The van der Waals surface area contributed by atoms with E-state index < -0.39 is 10.0 Å². The first-order valence-electron chi connectivity index (χ1n) is 5.65. The van der Waals surface area contributed by atoms with Crippen molar-refractivity contribution in [1.82, 2.24) is 4.31 Å². The van der Waals surface area contributed by atoms with Crippen LogP contribution in [0.25, 0.3) is 0 Å². The Morgan fingerprint density at radius 2 is 2.18 bits per heavy atom. The number of anilines is 1. The van der Waals surface area contributed by atoms with E-state index in [0.717, 1.165) is 12.8 Å². The van der Waals surface area contributed by atoms with Crippen LogP contribution in [-0.2, 0) is 10.0 Å². The Kier molecular flexibility index (Phi) is 3.22. The number of nitrogen functional groups attached to an aromatic ring is 1. The van der Waals surface area contributed by atoms with Crippen molar-refractivity contribution >= 4 is 27.0 Å². The van der Waals surface area contributed by atoms with E-state index in [9.17, 15) is 8.42 Å². The van der Waals surface area contributed by atoms with Crippen LogP contribution in [0, 0.1) is 5.41 Å². The van der Waals surface area contributed by atoms with Gasteiger partial charge in [0, 0.05) is 24.2 Å². The minimum Gasteiger partial charge on any atom is -0.398 e. The van der Waals surface area contributed by atoms with Gasteiger partial charge in [0.05, 0.1) is 0 Å². The third kappa shape index (κ3) is 2.64. The maximum atomic E-state index is 12.4. The maximum Gasteiger partial charge on any atom is 0.252 e. The SMILES string of the molecule is CC1(C)CCCN(S(=O)(=O)c2cc(N)cs2)C1. The average molecular weight is 274 g/mol. The molecule has 17 heavy (non-hydrogen) atoms. The predicted octanol–water partition coefficient (Wildman–Crippen LogP) is 2.14. The van der Waals surface area contributed by atoms with E-state index in [0.29, 0.717) is 23.0 Å². The average Bonchev–Trinajstić information content (AvgIpc) is 2.64. The van der Waals surface area contributed by atoms with Crippen LogP contribution in [0.15, 0.2) is 15.7 Å². The zero-order valence-corrected chi connectivity index (χ0v) is 11.8. The fourth-order valence-corrected chi connectivity index (χ4v) is 5.07. The van der Waals surface area contributed by atoms with Crippen LogP contribution in [0.5, 0.6) is 0 Å². The molecule has 2 heterocycles. The lowest BCUT2D eigenvalue weighted by Gasteiger charge is -2.36. The molecule has 0 atom stereocenters. The summed E-state index contributed by atoms with van der Waals surface area (Å²) in [6.07, 6.45) is 2.00. The minimum atomic E-state index is -3.34. The van der Waals surface area contributed by atoms with Gasteiger partial charge in [0.1, 0.15) is 4.21 Å². The van der Waals surface area contributed by atoms with E-state index in [1.807, 2.05) is 0 Å². The van der Waals surface area contributed by atoms with E-state index in [1.54, 1.807) is 15.8 Å². The number of hydrogen-bond donors (Lipinski definition) is 1. The Labute approximate surface area is 106 Å². The third-order valence-corrected chi connectivity index (χ3v) is 6.33. The van der Waals surface area contributed by atoms with Gasteiger partial charge in [-0.2, -0.15) is 4.31 Å². The van der Waals surface area contributed by atoms with E-state index in [4.69, 9.17) is 5.73 Å². The van der Waals surface area contributed by atoms with Crippen molar-refractivity contribution in [3.05, 3.63) is 11.4 Å². The van der Waals surface area contributed by atoms with E-state index in [-0.39, 0.29) is 5.41 Å². The highest BCUT2D eigenvalue weighted by Crippen LogP contribution is 2.33. The van der Waals surface area contributed by atoms with Crippen molar-refractivity contribution < 1.29 is 8.42 Å². The fraction of sp³-hybridized carbons (Fsp3) is 0.636. The van der Waals surface area contributed by atoms with Crippen LogP contribution in [0.2, 0.25) is 0 Å². The number of thiophene rings is 1. The summed E-state index contributed by atoms with van der Waals surface area (Å²) in [6, 6.07) is 1.54. The molecule has 4 nitrogen and oxygen atoms in total. The zero-order valence-electron chi connectivity index (χ0n) is 10.1. The lowest BCUT2D eigenvalue weighted by atomic mass is 9.85. The van der Waals surface area contributed by atoms with Gasteiger partial charge in [-0.05, 0) is 24.3 Å². The third-order valence-electron chi connectivity index (χ3n) is 3.06. The van der Waals surface area contributed by atoms with Crippen LogP contribution in [0.1, 0.15) is 26.7 Å². The molecule has 0 radical (unpaired) electrons. The molecule has 1 aromatic rings. The standard InChI is InChI=1S/C11H18N2O2S2/c1-11(2)4-3-5-13(8-11)17(14,15)10-6-9(12)7-16-10/h6-7H,3-5,8,12H2,1-2H3. The Morgan fingerprint density at radius 3 is 2.71 bits per heavy atom. The number of piperidine rings is 1. The van der Waals surface area contributed by atoms with Gasteiger partial charge in [0.2, 0.25) is 0 Å². The van der Waals surface area contributed by atoms with Gasteiger partial charge in [0.15, 0.2) is 0 Å². The Bertz CT molecular complexity index is 505. The lowest BCUT2D eigenvalue weighted by Crippen LogP contribution is -2.43. The first kappa shape index (κ1) is 12.9. The van der Waals surface area contributed by atoms with Crippen molar-refractivity contribution in [2.24, 2.45) is 5.41 Å². The van der Waals surface area contributed by atoms with Crippen LogP contribution in [-0.4, -0.2) is 25.8 Å². The van der Waals surface area contributed by atoms with Gasteiger partial charge >= 0.3 is 0 Å². The van der Waals surface area contributed by atoms with Crippen LogP contribution < -0.4 is 5.73 Å². The topological polar surface area (TPSA) is 63.4 Å². The second kappa shape index (κ2) is 4.26. The number of nitrogens with two attached hydrogens (primary N) is 1. The number of sulfonamides is 1. The summed E-state index contributed by atoms with van der Waals surface area (Å²) in [7, 11) is -3.34. The minimum absolute atomic E-state index is 0.0636. The number of nitrogens with zero attached hydrogens (tertiary/aromatic N) is 1. The van der Waals surface area contributed by atoms with Crippen molar-refractivity contribution in [2.75, 3.05) is 18.8 Å². The Morgan fingerprint density at radius 1 is 1.47 bits per heavy atom. The normalized spacial score (nSPS) is 21.5. The molecule has 1 aliphatic rings. The van der Waals surface area contributed by atoms with Gasteiger partial charge < -0.3 is 5.73 Å². The van der Waals surface area contributed by atoms with Gasteiger partial charge in [-0.3, -0.25) is 0 Å². The molecule has 6 heteroatoms. The highest BCUT2D eigenvalue weighted by molar-refractivity contribution is 7.91. The second-order valence-corrected chi connectivity index (χ2v) is 8.38. The molecule has 0 amide bonds. The zero-order chi connectivity index (χ0) is 12.7. The molecule has 0 unspecified atom stereocenters. The molecular weight excluding hydrogens is 256 g/mol. The summed E-state index contributed by atoms with van der Waals surface area (Å²) >= 11 is 1.20. The summed E-state index contributed by atoms with van der Waals surface area (Å²) in [5.74, 6) is 0. The molecule has 1 aliphatic heterocycles. The molecule has 1 saturated heterocycles. The van der Waals surface area contributed by atoms with Crippen LogP contribution in [0.4, 0.5) is 5.69 Å². The van der Waals surface area contributed by atoms with Gasteiger partial charge in [0.25, 0.3) is 10.0 Å². The van der Waals surface area contributed by atoms with E-state index in [2.05, 4.69) is 13.8 Å². The van der Waals surface area contributed by atoms with E-state index >= 15 is 0 Å². The summed E-state index contributed by atoms with van der Waals surface area (Å²) in [5.41, 5.74) is 6.17. The number of rotatable bonds is 2. The molecule has 0 aliphatic carbocycles. The molecule has 0 bridgehead atoms.